The molecule has 4 aliphatic carbocycles. The first-order chi connectivity index (χ1) is 17.8. The van der Waals surface area contributed by atoms with E-state index in [1.54, 1.807) is 0 Å². The molecule has 1 unspecified atom stereocenters. The number of aliphatic hydroxyl groups is 3. The van der Waals surface area contributed by atoms with Crippen molar-refractivity contribution in [3.8, 4) is 0 Å². The van der Waals surface area contributed by atoms with Gasteiger partial charge in [-0.25, -0.2) is 17.6 Å². The van der Waals surface area contributed by atoms with Crippen molar-refractivity contribution < 1.29 is 32.9 Å². The van der Waals surface area contributed by atoms with Crippen molar-refractivity contribution in [1.29, 1.82) is 0 Å². The molecule has 214 valence electrons. The summed E-state index contributed by atoms with van der Waals surface area (Å²) in [6, 6.07) is 3.23. The predicted molar refractivity (Wildman–Crippen MR) is 137 cm³/mol. The molecule has 0 amide bonds. The summed E-state index contributed by atoms with van der Waals surface area (Å²) >= 11 is 0. The molecule has 3 nitrogen and oxygen atoms in total. The number of hydrogen-bond acceptors (Lipinski definition) is 3. The molecule has 0 heterocycles. The zero-order valence-electron chi connectivity index (χ0n) is 22.9. The second-order valence-corrected chi connectivity index (χ2v) is 13.7. The number of fused-ring (bicyclic) bond motifs is 5. The van der Waals surface area contributed by atoms with Crippen molar-refractivity contribution in [2.75, 3.05) is 0 Å². The van der Waals surface area contributed by atoms with Crippen molar-refractivity contribution in [3.63, 3.8) is 0 Å². The Bertz CT molecular complexity index is 1020. The van der Waals surface area contributed by atoms with Gasteiger partial charge in [0.05, 0.1) is 18.3 Å². The quantitative estimate of drug-likeness (QED) is 0.339. The van der Waals surface area contributed by atoms with Crippen LogP contribution in [0.1, 0.15) is 96.6 Å². The molecule has 0 aromatic heterocycles. The summed E-state index contributed by atoms with van der Waals surface area (Å²) in [4.78, 5) is 0. The number of rotatable bonds is 6. The summed E-state index contributed by atoms with van der Waals surface area (Å²) in [5.74, 6) is -5.14. The van der Waals surface area contributed by atoms with E-state index in [9.17, 15) is 24.1 Å². The monoisotopic (exact) mass is 540 g/mol. The van der Waals surface area contributed by atoms with Crippen LogP contribution in [0.15, 0.2) is 18.2 Å². The van der Waals surface area contributed by atoms with Gasteiger partial charge in [-0.05, 0) is 91.4 Å². The highest BCUT2D eigenvalue weighted by Crippen LogP contribution is 2.71. The molecule has 0 saturated heterocycles. The van der Waals surface area contributed by atoms with Crippen LogP contribution in [-0.4, -0.2) is 33.5 Å². The third-order valence-corrected chi connectivity index (χ3v) is 11.9. The highest BCUT2D eigenvalue weighted by atomic mass is 19.3. The summed E-state index contributed by atoms with van der Waals surface area (Å²) in [5, 5.41) is 31.4. The smallest absolute Gasteiger partial charge is 0.251 e. The van der Waals surface area contributed by atoms with Crippen molar-refractivity contribution in [2.24, 2.45) is 46.3 Å². The normalized spacial score (nSPS) is 43.6. The first-order valence-corrected chi connectivity index (χ1v) is 14.7. The highest BCUT2D eigenvalue weighted by molar-refractivity contribution is 5.21. The molecule has 1 aromatic carbocycles. The molecule has 0 aliphatic heterocycles. The lowest BCUT2D eigenvalue weighted by Gasteiger charge is -2.63. The van der Waals surface area contributed by atoms with Gasteiger partial charge in [0.1, 0.15) is 11.6 Å². The summed E-state index contributed by atoms with van der Waals surface area (Å²) in [5.41, 5.74) is -0.444. The highest BCUT2D eigenvalue weighted by Gasteiger charge is 2.69. The summed E-state index contributed by atoms with van der Waals surface area (Å²) < 4.78 is 59.2. The molecule has 4 aliphatic rings. The molecule has 0 bridgehead atoms. The van der Waals surface area contributed by atoms with Gasteiger partial charge in [0, 0.05) is 24.0 Å². The number of benzene rings is 1. The molecule has 7 heteroatoms. The van der Waals surface area contributed by atoms with E-state index in [4.69, 9.17) is 0 Å². The fraction of sp³-hybridized carbons (Fsp3) is 0.806. The molecular formula is C31H44F4O3. The standard InChI is InChI=1S/C31H44F4O3/c1-17(5-4-6-25(36)19-8-7-18(32)15-24(19)33)20-9-10-21-27-22(11-13-29(20,21)2)30(3)14-12-26(37)28(38)23(30)16-31(27,34)35/h7-8,15,17,20-23,25-28,36-38H,4-6,9-14,16H2,1-3H3/t17-,20-,21+,22+,23+,25?,26+,27+,28-,29-,30-/m1/s1. The van der Waals surface area contributed by atoms with Crippen LogP contribution in [0.4, 0.5) is 17.6 Å². The van der Waals surface area contributed by atoms with Gasteiger partial charge in [-0.15, -0.1) is 0 Å². The Hall–Kier alpha value is -1.18. The molecule has 5 rings (SSSR count). The second kappa shape index (κ2) is 10.0. The molecule has 0 spiro atoms. The molecule has 0 radical (unpaired) electrons. The lowest BCUT2D eigenvalue weighted by atomic mass is 9.43. The van der Waals surface area contributed by atoms with Crippen LogP contribution in [0.3, 0.4) is 0 Å². The second-order valence-electron chi connectivity index (χ2n) is 13.7. The van der Waals surface area contributed by atoms with E-state index in [2.05, 4.69) is 20.8 Å². The Morgan fingerprint density at radius 2 is 1.61 bits per heavy atom. The molecule has 4 saturated carbocycles. The van der Waals surface area contributed by atoms with Crippen molar-refractivity contribution >= 4 is 0 Å². The third-order valence-electron chi connectivity index (χ3n) is 11.9. The first kappa shape index (κ1) is 28.4. The number of aliphatic hydroxyl groups excluding tert-OH is 3. The van der Waals surface area contributed by atoms with Crippen molar-refractivity contribution in [3.05, 3.63) is 35.4 Å². The zero-order chi connectivity index (χ0) is 27.6. The van der Waals surface area contributed by atoms with Gasteiger partial charge in [-0.1, -0.05) is 39.7 Å². The van der Waals surface area contributed by atoms with Gasteiger partial charge < -0.3 is 15.3 Å². The van der Waals surface area contributed by atoms with Crippen LogP contribution >= 0.6 is 0 Å². The van der Waals surface area contributed by atoms with Crippen LogP contribution in [-0.2, 0) is 0 Å². The molecule has 4 fully saturated rings. The topological polar surface area (TPSA) is 60.7 Å². The van der Waals surface area contributed by atoms with E-state index in [-0.39, 0.29) is 34.7 Å². The minimum Gasteiger partial charge on any atom is -0.390 e. The lowest BCUT2D eigenvalue weighted by Crippen LogP contribution is -2.64. The van der Waals surface area contributed by atoms with Gasteiger partial charge in [-0.3, -0.25) is 0 Å². The Labute approximate surface area is 224 Å². The van der Waals surface area contributed by atoms with E-state index in [1.807, 2.05) is 0 Å². The number of hydrogen-bond donors (Lipinski definition) is 3. The maximum atomic E-state index is 16.0. The van der Waals surface area contributed by atoms with E-state index < -0.39 is 47.7 Å². The van der Waals surface area contributed by atoms with Crippen LogP contribution in [0, 0.1) is 58.0 Å². The average molecular weight is 541 g/mol. The molecule has 3 N–H and O–H groups in total. The van der Waals surface area contributed by atoms with Gasteiger partial charge in [0.15, 0.2) is 0 Å². The van der Waals surface area contributed by atoms with Gasteiger partial charge in [0.25, 0.3) is 5.92 Å². The Kier molecular flexibility index (Phi) is 7.48. The van der Waals surface area contributed by atoms with Crippen LogP contribution in [0.5, 0.6) is 0 Å². The maximum absolute atomic E-state index is 16.0. The first-order valence-electron chi connectivity index (χ1n) is 14.7. The van der Waals surface area contributed by atoms with Crippen molar-refractivity contribution in [1.82, 2.24) is 0 Å². The fourth-order valence-electron chi connectivity index (χ4n) is 9.92. The zero-order valence-corrected chi connectivity index (χ0v) is 22.9. The Balaban J connectivity index is 1.27. The number of halogens is 4. The van der Waals surface area contributed by atoms with Gasteiger partial charge >= 0.3 is 0 Å². The minimum atomic E-state index is -2.86. The lowest BCUT2D eigenvalue weighted by molar-refractivity contribution is -0.258. The molecule has 38 heavy (non-hydrogen) atoms. The van der Waals surface area contributed by atoms with E-state index >= 15 is 8.78 Å². The van der Waals surface area contributed by atoms with Crippen LogP contribution < -0.4 is 0 Å². The average Bonchev–Trinajstić information content (AvgIpc) is 3.20. The molecular weight excluding hydrogens is 496 g/mol. The summed E-state index contributed by atoms with van der Waals surface area (Å²) in [6.07, 6.45) is 3.03. The van der Waals surface area contributed by atoms with Crippen LogP contribution in [0.25, 0.3) is 0 Å². The predicted octanol–water partition coefficient (Wildman–Crippen LogP) is 7.04. The van der Waals surface area contributed by atoms with E-state index in [0.29, 0.717) is 37.5 Å². The molecule has 1 aromatic rings. The Morgan fingerprint density at radius 1 is 0.921 bits per heavy atom. The van der Waals surface area contributed by atoms with E-state index in [0.717, 1.165) is 44.2 Å². The Morgan fingerprint density at radius 3 is 2.32 bits per heavy atom. The van der Waals surface area contributed by atoms with Crippen LogP contribution in [0.2, 0.25) is 0 Å². The largest absolute Gasteiger partial charge is 0.390 e. The van der Waals surface area contributed by atoms with Gasteiger partial charge in [0.2, 0.25) is 0 Å². The fourth-order valence-corrected chi connectivity index (χ4v) is 9.92. The summed E-state index contributed by atoms with van der Waals surface area (Å²) in [7, 11) is 0. The summed E-state index contributed by atoms with van der Waals surface area (Å²) in [6.45, 7) is 6.49. The maximum Gasteiger partial charge on any atom is 0.251 e. The van der Waals surface area contributed by atoms with Gasteiger partial charge in [-0.2, -0.15) is 0 Å². The third kappa shape index (κ3) is 4.52. The molecule has 11 atom stereocenters. The van der Waals surface area contributed by atoms with Crippen molar-refractivity contribution in [2.45, 2.75) is 109 Å². The minimum absolute atomic E-state index is 0.0654. The number of alkyl halides is 2. The SMILES string of the molecule is C[C@H](CCCC(O)c1ccc(F)cc1F)[C@H]1CC[C@H]2[C@H]3[C@H](CC[C@]12C)[C@@]1(C)CC[C@H](O)[C@H](O)[C@@H]1CC3(F)F. The van der Waals surface area contributed by atoms with E-state index in [1.165, 1.54) is 6.07 Å².